The first-order valence-electron chi connectivity index (χ1n) is 6.64. The van der Waals surface area contributed by atoms with Crippen molar-refractivity contribution >= 4 is 16.6 Å². The molecule has 1 aliphatic rings. The molecule has 0 saturated carbocycles. The van der Waals surface area contributed by atoms with Crippen molar-refractivity contribution in [2.75, 3.05) is 12.4 Å². The Kier molecular flexibility index (Phi) is 3.11. The van der Waals surface area contributed by atoms with Gasteiger partial charge in [0.2, 0.25) is 0 Å². The summed E-state index contributed by atoms with van der Waals surface area (Å²) in [6, 6.07) is 8.66. The average molecular weight is 254 g/mol. The van der Waals surface area contributed by atoms with Crippen LogP contribution in [0.3, 0.4) is 0 Å². The van der Waals surface area contributed by atoms with Crippen molar-refractivity contribution in [2.24, 2.45) is 0 Å². The third-order valence-corrected chi connectivity index (χ3v) is 3.52. The van der Waals surface area contributed by atoms with E-state index >= 15 is 0 Å². The smallest absolute Gasteiger partial charge is 0.145 e. The van der Waals surface area contributed by atoms with E-state index in [-0.39, 0.29) is 0 Å². The first kappa shape index (κ1) is 12.0. The number of nitrogens with one attached hydrogen (secondary N) is 1. The van der Waals surface area contributed by atoms with E-state index in [1.54, 1.807) is 7.11 Å². The number of fused-ring (bicyclic) bond motifs is 1. The van der Waals surface area contributed by atoms with Gasteiger partial charge in [0, 0.05) is 22.8 Å². The van der Waals surface area contributed by atoms with Gasteiger partial charge < -0.3 is 10.1 Å². The van der Waals surface area contributed by atoms with Gasteiger partial charge in [0.1, 0.15) is 11.3 Å². The Bertz CT molecular complexity index is 626. The second-order valence-electron chi connectivity index (χ2n) is 4.95. The lowest BCUT2D eigenvalue weighted by molar-refractivity contribution is 0.419. The van der Waals surface area contributed by atoms with E-state index in [2.05, 4.69) is 34.6 Å². The van der Waals surface area contributed by atoms with E-state index in [1.165, 1.54) is 0 Å². The van der Waals surface area contributed by atoms with Crippen LogP contribution in [-0.2, 0) is 0 Å². The van der Waals surface area contributed by atoms with Crippen LogP contribution < -0.4 is 10.1 Å². The highest BCUT2D eigenvalue weighted by atomic mass is 16.5. The van der Waals surface area contributed by atoms with Crippen LogP contribution in [0.2, 0.25) is 0 Å². The second kappa shape index (κ2) is 4.92. The molecule has 0 saturated heterocycles. The third-order valence-electron chi connectivity index (χ3n) is 3.52. The largest absolute Gasteiger partial charge is 0.494 e. The first-order chi connectivity index (χ1) is 9.28. The van der Waals surface area contributed by atoms with E-state index < -0.39 is 0 Å². The number of pyridine rings is 1. The molecular formula is C16H18N2O. The summed E-state index contributed by atoms with van der Waals surface area (Å²) in [7, 11) is 1.69. The first-order valence-corrected chi connectivity index (χ1v) is 6.64. The van der Waals surface area contributed by atoms with Crippen molar-refractivity contribution in [3.05, 3.63) is 42.1 Å². The van der Waals surface area contributed by atoms with Gasteiger partial charge in [-0.15, -0.1) is 0 Å². The van der Waals surface area contributed by atoms with E-state index in [1.807, 2.05) is 19.1 Å². The maximum absolute atomic E-state index is 5.40. The van der Waals surface area contributed by atoms with Crippen molar-refractivity contribution in [3.63, 3.8) is 0 Å². The van der Waals surface area contributed by atoms with Crippen LogP contribution in [0.15, 0.2) is 36.4 Å². The summed E-state index contributed by atoms with van der Waals surface area (Å²) in [6.45, 7) is 2.02. The van der Waals surface area contributed by atoms with Crippen LogP contribution in [-0.4, -0.2) is 18.1 Å². The molecule has 0 aliphatic heterocycles. The maximum Gasteiger partial charge on any atom is 0.145 e. The normalized spacial score (nSPS) is 15.1. The molecule has 2 aromatic rings. The summed E-state index contributed by atoms with van der Waals surface area (Å²) in [4.78, 5) is 4.60. The summed E-state index contributed by atoms with van der Waals surface area (Å²) in [5.74, 6) is 0.828. The molecule has 19 heavy (non-hydrogen) atoms. The number of nitrogens with zero attached hydrogens (tertiary/aromatic N) is 1. The number of rotatable bonds is 3. The number of para-hydroxylation sites is 1. The van der Waals surface area contributed by atoms with Crippen molar-refractivity contribution < 1.29 is 4.74 Å². The Morgan fingerprint density at radius 3 is 2.79 bits per heavy atom. The van der Waals surface area contributed by atoms with Crippen LogP contribution in [0, 0.1) is 6.92 Å². The van der Waals surface area contributed by atoms with Gasteiger partial charge in [0.05, 0.1) is 7.11 Å². The Morgan fingerprint density at radius 1 is 1.26 bits per heavy atom. The molecule has 1 heterocycles. The summed E-state index contributed by atoms with van der Waals surface area (Å²) in [5, 5.41) is 4.74. The predicted octanol–water partition coefficient (Wildman–Crippen LogP) is 3.68. The van der Waals surface area contributed by atoms with Crippen LogP contribution in [0.5, 0.6) is 5.75 Å². The van der Waals surface area contributed by atoms with E-state index in [9.17, 15) is 0 Å². The number of benzene rings is 1. The summed E-state index contributed by atoms with van der Waals surface area (Å²) in [6.07, 6.45) is 6.64. The van der Waals surface area contributed by atoms with E-state index in [4.69, 9.17) is 4.74 Å². The van der Waals surface area contributed by atoms with Crippen molar-refractivity contribution in [3.8, 4) is 5.75 Å². The fourth-order valence-corrected chi connectivity index (χ4v) is 2.59. The zero-order chi connectivity index (χ0) is 13.2. The molecule has 1 aliphatic carbocycles. The summed E-state index contributed by atoms with van der Waals surface area (Å²) < 4.78 is 5.40. The molecule has 0 bridgehead atoms. The highest BCUT2D eigenvalue weighted by molar-refractivity contribution is 5.95. The Morgan fingerprint density at radius 2 is 2.05 bits per heavy atom. The minimum absolute atomic E-state index is 0.496. The fraction of sp³-hybridized carbons (Fsp3) is 0.312. The van der Waals surface area contributed by atoms with Crippen molar-refractivity contribution in [2.45, 2.75) is 25.8 Å². The lowest BCUT2D eigenvalue weighted by Crippen LogP contribution is -2.15. The third kappa shape index (κ3) is 2.28. The molecule has 3 nitrogen and oxygen atoms in total. The van der Waals surface area contributed by atoms with Crippen LogP contribution in [0.25, 0.3) is 10.9 Å². The lowest BCUT2D eigenvalue weighted by atomic mass is 10.1. The molecule has 98 valence electrons. The molecule has 0 spiro atoms. The molecule has 1 N–H and O–H groups in total. The maximum atomic E-state index is 5.40. The number of aryl methyl sites for hydroxylation is 1. The molecule has 3 heteroatoms. The van der Waals surface area contributed by atoms with Crippen molar-refractivity contribution in [1.82, 2.24) is 4.98 Å². The summed E-state index contributed by atoms with van der Waals surface area (Å²) in [5.41, 5.74) is 3.08. The average Bonchev–Trinajstić information content (AvgIpc) is 2.91. The number of ether oxygens (including phenoxy) is 1. The lowest BCUT2D eigenvalue weighted by Gasteiger charge is -2.17. The molecule has 1 aromatic heterocycles. The predicted molar refractivity (Wildman–Crippen MR) is 78.8 cm³/mol. The molecule has 0 amide bonds. The highest BCUT2D eigenvalue weighted by Gasteiger charge is 2.13. The highest BCUT2D eigenvalue weighted by Crippen LogP contribution is 2.31. The van der Waals surface area contributed by atoms with Gasteiger partial charge in [0.25, 0.3) is 0 Å². The minimum atomic E-state index is 0.496. The number of aromatic nitrogens is 1. The standard InChI is InChI=1S/C16H18N2O/c1-11-10-14(18-12-6-3-4-7-12)13-8-5-9-15(19-2)16(13)17-11/h3-5,8-10,12H,6-7H2,1-2H3,(H,17,18). The Hall–Kier alpha value is -2.03. The van der Waals surface area contributed by atoms with E-state index in [0.29, 0.717) is 6.04 Å². The molecule has 1 aromatic carbocycles. The molecule has 0 unspecified atom stereocenters. The topological polar surface area (TPSA) is 34.1 Å². The number of hydrogen-bond donors (Lipinski definition) is 1. The van der Waals surface area contributed by atoms with Gasteiger partial charge in [-0.05, 0) is 31.9 Å². The summed E-state index contributed by atoms with van der Waals surface area (Å²) >= 11 is 0. The van der Waals surface area contributed by atoms with Crippen LogP contribution in [0.4, 0.5) is 5.69 Å². The van der Waals surface area contributed by atoms with Gasteiger partial charge in [-0.2, -0.15) is 0 Å². The Balaban J connectivity index is 2.07. The molecular weight excluding hydrogens is 236 g/mol. The van der Waals surface area contributed by atoms with Gasteiger partial charge >= 0.3 is 0 Å². The number of methoxy groups -OCH3 is 1. The molecule has 0 radical (unpaired) electrons. The molecule has 0 fully saturated rings. The Labute approximate surface area is 113 Å². The zero-order valence-electron chi connectivity index (χ0n) is 11.3. The monoisotopic (exact) mass is 254 g/mol. The number of hydrogen-bond acceptors (Lipinski definition) is 3. The SMILES string of the molecule is COc1cccc2c(NC3CC=CC3)cc(C)nc12. The van der Waals surface area contributed by atoms with Crippen molar-refractivity contribution in [1.29, 1.82) is 0 Å². The quantitative estimate of drug-likeness (QED) is 0.848. The fourth-order valence-electron chi connectivity index (χ4n) is 2.59. The van der Waals surface area contributed by atoms with Gasteiger partial charge in [-0.25, -0.2) is 4.98 Å². The van der Waals surface area contributed by atoms with Crippen LogP contribution >= 0.6 is 0 Å². The number of anilines is 1. The second-order valence-corrected chi connectivity index (χ2v) is 4.95. The van der Waals surface area contributed by atoms with E-state index in [0.717, 1.165) is 40.9 Å². The van der Waals surface area contributed by atoms with Gasteiger partial charge in [0.15, 0.2) is 0 Å². The molecule has 0 atom stereocenters. The molecule has 3 rings (SSSR count). The van der Waals surface area contributed by atoms with Gasteiger partial charge in [-0.3, -0.25) is 0 Å². The zero-order valence-corrected chi connectivity index (χ0v) is 11.3. The minimum Gasteiger partial charge on any atom is -0.494 e. The van der Waals surface area contributed by atoms with Crippen LogP contribution in [0.1, 0.15) is 18.5 Å². The van der Waals surface area contributed by atoms with Gasteiger partial charge in [-0.1, -0.05) is 24.3 Å².